The van der Waals surface area contributed by atoms with Gasteiger partial charge in [0.2, 0.25) is 6.79 Å². The van der Waals surface area contributed by atoms with Crippen LogP contribution in [0.3, 0.4) is 0 Å². The lowest BCUT2D eigenvalue weighted by Gasteiger charge is -2.44. The van der Waals surface area contributed by atoms with Gasteiger partial charge in [-0.3, -0.25) is 0 Å². The average molecular weight is 363 g/mol. The van der Waals surface area contributed by atoms with Gasteiger partial charge < -0.3 is 19.9 Å². The molecule has 2 aromatic rings. The molecule has 0 aromatic heterocycles. The number of carbonyl (C=O) groups is 1. The number of para-hydroxylation sites is 1. The number of aromatic carboxylic acids is 1. The summed E-state index contributed by atoms with van der Waals surface area (Å²) in [7, 11) is 0. The summed E-state index contributed by atoms with van der Waals surface area (Å²) < 4.78 is 11.1. The van der Waals surface area contributed by atoms with Crippen molar-refractivity contribution in [3.8, 4) is 11.5 Å². The van der Waals surface area contributed by atoms with E-state index < -0.39 is 5.97 Å². The Bertz CT molecular complexity index is 955. The van der Waals surface area contributed by atoms with Crippen LogP contribution >= 0.6 is 0 Å². The zero-order valence-electron chi connectivity index (χ0n) is 14.9. The average Bonchev–Trinajstić information content (AvgIpc) is 3.42. The first-order chi connectivity index (χ1) is 13.2. The van der Waals surface area contributed by atoms with Gasteiger partial charge in [0.15, 0.2) is 11.5 Å². The van der Waals surface area contributed by atoms with Gasteiger partial charge in [-0.15, -0.1) is 0 Å². The number of anilines is 1. The molecule has 138 valence electrons. The second-order valence-electron chi connectivity index (χ2n) is 8.25. The Labute approximate surface area is 157 Å². The number of benzene rings is 2. The van der Waals surface area contributed by atoms with E-state index in [4.69, 9.17) is 9.47 Å². The van der Waals surface area contributed by atoms with E-state index in [9.17, 15) is 9.90 Å². The first-order valence-electron chi connectivity index (χ1n) is 9.73. The van der Waals surface area contributed by atoms with Crippen molar-refractivity contribution >= 4 is 11.7 Å². The molecule has 27 heavy (non-hydrogen) atoms. The highest BCUT2D eigenvalue weighted by Crippen LogP contribution is 2.64. The fourth-order valence-electron chi connectivity index (χ4n) is 6.13. The molecule has 6 rings (SSSR count). The van der Waals surface area contributed by atoms with E-state index >= 15 is 0 Å². The van der Waals surface area contributed by atoms with Gasteiger partial charge in [0.25, 0.3) is 0 Å². The molecule has 4 aliphatic rings. The summed E-state index contributed by atoms with van der Waals surface area (Å²) in [4.78, 5) is 11.8. The summed E-state index contributed by atoms with van der Waals surface area (Å²) in [5, 5.41) is 13.4. The van der Waals surface area contributed by atoms with E-state index in [0.29, 0.717) is 29.2 Å². The predicted octanol–water partition coefficient (Wildman–Crippen LogP) is 4.41. The third-order valence-corrected chi connectivity index (χ3v) is 7.11. The maximum atomic E-state index is 11.8. The fraction of sp³-hybridized carbons (Fsp3) is 0.409. The van der Waals surface area contributed by atoms with Crippen LogP contribution in [-0.2, 0) is 0 Å². The normalized spacial score (nSPS) is 31.9. The van der Waals surface area contributed by atoms with Crippen LogP contribution in [0.25, 0.3) is 0 Å². The van der Waals surface area contributed by atoms with Crippen LogP contribution in [0.5, 0.6) is 11.5 Å². The molecular formula is C22H21NO4. The van der Waals surface area contributed by atoms with Crippen molar-refractivity contribution in [2.24, 2.45) is 17.8 Å². The fourth-order valence-corrected chi connectivity index (χ4v) is 6.13. The van der Waals surface area contributed by atoms with E-state index in [0.717, 1.165) is 22.7 Å². The van der Waals surface area contributed by atoms with Gasteiger partial charge in [0.1, 0.15) is 0 Å². The third kappa shape index (κ3) is 2.08. The summed E-state index contributed by atoms with van der Waals surface area (Å²) in [5.41, 5.74) is 3.54. The quantitative estimate of drug-likeness (QED) is 0.827. The third-order valence-electron chi connectivity index (χ3n) is 7.11. The van der Waals surface area contributed by atoms with Gasteiger partial charge in [-0.1, -0.05) is 18.2 Å². The minimum absolute atomic E-state index is 0.104. The van der Waals surface area contributed by atoms with Crippen LogP contribution in [0.1, 0.15) is 52.7 Å². The van der Waals surface area contributed by atoms with Gasteiger partial charge >= 0.3 is 5.97 Å². The Hall–Kier alpha value is -2.69. The van der Waals surface area contributed by atoms with Crippen molar-refractivity contribution in [2.45, 2.75) is 31.2 Å². The van der Waals surface area contributed by atoms with Crippen molar-refractivity contribution in [3.63, 3.8) is 0 Å². The minimum Gasteiger partial charge on any atom is -0.478 e. The van der Waals surface area contributed by atoms with E-state index in [1.807, 2.05) is 12.1 Å². The number of carboxylic acids is 1. The summed E-state index contributed by atoms with van der Waals surface area (Å²) >= 11 is 0. The van der Waals surface area contributed by atoms with Gasteiger partial charge in [-0.2, -0.15) is 0 Å². The first-order valence-corrected chi connectivity index (χ1v) is 9.73. The summed E-state index contributed by atoms with van der Waals surface area (Å²) in [6.07, 6.45) is 3.80. The molecule has 2 aliphatic carbocycles. The van der Waals surface area contributed by atoms with Crippen LogP contribution in [0.2, 0.25) is 0 Å². The molecule has 2 bridgehead atoms. The number of carboxylic acid groups (broad SMARTS) is 1. The zero-order chi connectivity index (χ0) is 18.1. The molecule has 0 amide bonds. The van der Waals surface area contributed by atoms with Crippen molar-refractivity contribution in [1.82, 2.24) is 0 Å². The molecule has 2 aromatic carbocycles. The molecule has 5 nitrogen and oxygen atoms in total. The highest BCUT2D eigenvalue weighted by molar-refractivity contribution is 5.95. The topological polar surface area (TPSA) is 67.8 Å². The number of hydrogen-bond acceptors (Lipinski definition) is 4. The van der Waals surface area contributed by atoms with E-state index in [1.54, 1.807) is 6.07 Å². The number of fused-ring (bicyclic) bond motifs is 8. The second kappa shape index (κ2) is 5.41. The Kier molecular flexibility index (Phi) is 3.08. The molecule has 0 spiro atoms. The standard InChI is InChI=1S/C22H21NO4/c24-22(25)15-3-1-2-14-18-11-4-5-12(8-11)19(18)20(23-21(14)15)13-6-7-16-17(9-13)27-10-26-16/h1-3,6-7,9,11-12,18-20,23H,4-5,8,10H2,(H,24,25)/t11-,12+,18-,19+,20-/m0/s1. The van der Waals surface area contributed by atoms with Crippen molar-refractivity contribution < 1.29 is 19.4 Å². The van der Waals surface area contributed by atoms with Crippen molar-refractivity contribution in [2.75, 3.05) is 12.1 Å². The molecule has 2 aliphatic heterocycles. The molecule has 0 unspecified atom stereocenters. The highest BCUT2D eigenvalue weighted by Gasteiger charge is 2.54. The zero-order valence-corrected chi connectivity index (χ0v) is 14.9. The number of hydrogen-bond donors (Lipinski definition) is 2. The summed E-state index contributed by atoms with van der Waals surface area (Å²) in [5.74, 6) is 3.00. The molecule has 2 saturated carbocycles. The van der Waals surface area contributed by atoms with Crippen LogP contribution in [0.15, 0.2) is 36.4 Å². The maximum Gasteiger partial charge on any atom is 0.337 e. The molecule has 0 saturated heterocycles. The van der Waals surface area contributed by atoms with Crippen molar-refractivity contribution in [3.05, 3.63) is 53.1 Å². The number of nitrogens with one attached hydrogen (secondary N) is 1. The van der Waals surface area contributed by atoms with E-state index in [2.05, 4.69) is 23.5 Å². The monoisotopic (exact) mass is 363 g/mol. The first kappa shape index (κ1) is 15.4. The second-order valence-corrected chi connectivity index (χ2v) is 8.25. The van der Waals surface area contributed by atoms with E-state index in [-0.39, 0.29) is 12.8 Å². The highest BCUT2D eigenvalue weighted by atomic mass is 16.7. The minimum atomic E-state index is -0.870. The van der Waals surface area contributed by atoms with Gasteiger partial charge in [0, 0.05) is 0 Å². The lowest BCUT2D eigenvalue weighted by molar-refractivity contribution is 0.0697. The molecule has 2 fully saturated rings. The lowest BCUT2D eigenvalue weighted by atomic mass is 9.67. The van der Waals surface area contributed by atoms with Gasteiger partial charge in [-0.05, 0) is 72.3 Å². The van der Waals surface area contributed by atoms with Crippen LogP contribution < -0.4 is 14.8 Å². The number of rotatable bonds is 2. The number of ether oxygens (including phenoxy) is 2. The maximum absolute atomic E-state index is 11.8. The summed E-state index contributed by atoms with van der Waals surface area (Å²) in [6.45, 7) is 0.264. The lowest BCUT2D eigenvalue weighted by Crippen LogP contribution is -2.36. The Morgan fingerprint density at radius 2 is 1.93 bits per heavy atom. The molecule has 2 N–H and O–H groups in total. The van der Waals surface area contributed by atoms with Crippen molar-refractivity contribution in [1.29, 1.82) is 0 Å². The van der Waals surface area contributed by atoms with Crippen LogP contribution in [0.4, 0.5) is 5.69 Å². The van der Waals surface area contributed by atoms with Gasteiger partial charge in [-0.25, -0.2) is 4.79 Å². The summed E-state index contributed by atoms with van der Waals surface area (Å²) in [6, 6.07) is 12.0. The van der Waals surface area contributed by atoms with Gasteiger partial charge in [0.05, 0.1) is 17.3 Å². The Balaban J connectivity index is 1.51. The predicted molar refractivity (Wildman–Crippen MR) is 99.4 cm³/mol. The largest absolute Gasteiger partial charge is 0.478 e. The molecule has 5 heteroatoms. The molecule has 2 heterocycles. The SMILES string of the molecule is O=C(O)c1cccc2c1N[C@@H](c1ccc3c(c1)OCO3)[C@@H]1[C@@H]3CC[C@@H](C3)[C@@H]21. The van der Waals surface area contributed by atoms with E-state index in [1.165, 1.54) is 24.8 Å². The molecular weight excluding hydrogens is 342 g/mol. The van der Waals surface area contributed by atoms with Crippen LogP contribution in [-0.4, -0.2) is 17.9 Å². The smallest absolute Gasteiger partial charge is 0.337 e. The molecule has 0 radical (unpaired) electrons. The Morgan fingerprint density at radius 1 is 1.07 bits per heavy atom. The van der Waals surface area contributed by atoms with Crippen LogP contribution in [0, 0.1) is 17.8 Å². The molecule has 5 atom stereocenters. The Morgan fingerprint density at radius 3 is 2.81 bits per heavy atom.